The maximum Gasteiger partial charge on any atom is 0.142 e. The Balaban J connectivity index is 2.06. The average molecular weight is 300 g/mol. The van der Waals surface area contributed by atoms with Crippen molar-refractivity contribution < 1.29 is 9.47 Å². The van der Waals surface area contributed by atoms with Crippen LogP contribution in [0, 0.1) is 0 Å². The van der Waals surface area contributed by atoms with E-state index in [1.165, 1.54) is 0 Å². The topological polar surface area (TPSA) is 42.5 Å². The molecule has 4 nitrogen and oxygen atoms in total. The van der Waals surface area contributed by atoms with Gasteiger partial charge in [-0.1, -0.05) is 24.3 Å². The SMILES string of the molecule is CCOc1ccccc1NC(C)Nc1ccccc1OCC. The van der Waals surface area contributed by atoms with E-state index in [0.29, 0.717) is 13.2 Å². The van der Waals surface area contributed by atoms with Crippen LogP contribution in [0.4, 0.5) is 11.4 Å². The van der Waals surface area contributed by atoms with E-state index >= 15 is 0 Å². The van der Waals surface area contributed by atoms with E-state index in [4.69, 9.17) is 9.47 Å². The smallest absolute Gasteiger partial charge is 0.142 e. The van der Waals surface area contributed by atoms with Gasteiger partial charge in [0, 0.05) is 0 Å². The molecule has 0 bridgehead atoms. The van der Waals surface area contributed by atoms with Gasteiger partial charge in [0.1, 0.15) is 11.5 Å². The highest BCUT2D eigenvalue weighted by Gasteiger charge is 2.09. The minimum absolute atomic E-state index is 0.0308. The summed E-state index contributed by atoms with van der Waals surface area (Å²) in [6, 6.07) is 15.9. The van der Waals surface area contributed by atoms with Crippen molar-refractivity contribution >= 4 is 11.4 Å². The number of hydrogen-bond acceptors (Lipinski definition) is 4. The molecule has 0 aromatic heterocycles. The van der Waals surface area contributed by atoms with Gasteiger partial charge in [-0.25, -0.2) is 0 Å². The monoisotopic (exact) mass is 300 g/mol. The second-order valence-corrected chi connectivity index (χ2v) is 4.87. The van der Waals surface area contributed by atoms with E-state index in [1.807, 2.05) is 62.4 Å². The van der Waals surface area contributed by atoms with Gasteiger partial charge in [0.25, 0.3) is 0 Å². The zero-order chi connectivity index (χ0) is 15.8. The Morgan fingerprint density at radius 3 is 1.59 bits per heavy atom. The zero-order valence-corrected chi connectivity index (χ0v) is 13.4. The lowest BCUT2D eigenvalue weighted by Gasteiger charge is -2.21. The van der Waals surface area contributed by atoms with Crippen LogP contribution in [0.3, 0.4) is 0 Å². The Morgan fingerprint density at radius 1 is 0.773 bits per heavy atom. The fourth-order valence-corrected chi connectivity index (χ4v) is 2.24. The summed E-state index contributed by atoms with van der Waals surface area (Å²) in [7, 11) is 0. The van der Waals surface area contributed by atoms with Crippen LogP contribution in [0.1, 0.15) is 20.8 Å². The van der Waals surface area contributed by atoms with E-state index < -0.39 is 0 Å². The molecule has 0 fully saturated rings. The maximum atomic E-state index is 5.64. The Kier molecular flexibility index (Phi) is 5.95. The molecule has 22 heavy (non-hydrogen) atoms. The third-order valence-electron chi connectivity index (χ3n) is 3.12. The molecule has 2 aromatic carbocycles. The zero-order valence-electron chi connectivity index (χ0n) is 13.4. The molecule has 0 amide bonds. The van der Waals surface area contributed by atoms with Gasteiger partial charge in [0.05, 0.1) is 30.8 Å². The van der Waals surface area contributed by atoms with E-state index in [2.05, 4.69) is 17.6 Å². The average Bonchev–Trinajstić information content (AvgIpc) is 2.52. The summed E-state index contributed by atoms with van der Waals surface area (Å²) in [6.07, 6.45) is 0.0308. The molecule has 0 radical (unpaired) electrons. The van der Waals surface area contributed by atoms with Crippen LogP contribution in [0.25, 0.3) is 0 Å². The first-order valence-corrected chi connectivity index (χ1v) is 7.71. The highest BCUT2D eigenvalue weighted by atomic mass is 16.5. The second kappa shape index (κ2) is 8.17. The van der Waals surface area contributed by atoms with Crippen molar-refractivity contribution in [2.24, 2.45) is 0 Å². The van der Waals surface area contributed by atoms with Crippen LogP contribution in [-0.2, 0) is 0 Å². The molecule has 0 unspecified atom stereocenters. The molecule has 0 aliphatic heterocycles. The number of rotatable bonds is 8. The number of benzene rings is 2. The normalized spacial score (nSPS) is 10.4. The van der Waals surface area contributed by atoms with E-state index in [0.717, 1.165) is 22.9 Å². The van der Waals surface area contributed by atoms with E-state index in [9.17, 15) is 0 Å². The number of anilines is 2. The van der Waals surface area contributed by atoms with Crippen molar-refractivity contribution in [1.82, 2.24) is 0 Å². The summed E-state index contributed by atoms with van der Waals surface area (Å²) in [6.45, 7) is 7.32. The molecule has 0 saturated heterocycles. The van der Waals surface area contributed by atoms with E-state index in [-0.39, 0.29) is 6.17 Å². The fourth-order valence-electron chi connectivity index (χ4n) is 2.24. The molecular formula is C18H24N2O2. The quantitative estimate of drug-likeness (QED) is 0.711. The van der Waals surface area contributed by atoms with Gasteiger partial charge in [0.2, 0.25) is 0 Å². The maximum absolute atomic E-state index is 5.64. The predicted molar refractivity (Wildman–Crippen MR) is 91.9 cm³/mol. The van der Waals surface area contributed by atoms with Crippen molar-refractivity contribution in [3.05, 3.63) is 48.5 Å². The lowest BCUT2D eigenvalue weighted by atomic mass is 10.2. The lowest BCUT2D eigenvalue weighted by Crippen LogP contribution is -2.25. The third kappa shape index (κ3) is 4.32. The highest BCUT2D eigenvalue weighted by Crippen LogP contribution is 2.27. The summed E-state index contributed by atoms with van der Waals surface area (Å²) in [5, 5.41) is 6.84. The van der Waals surface area contributed by atoms with Crippen molar-refractivity contribution in [2.45, 2.75) is 26.9 Å². The molecule has 4 heteroatoms. The van der Waals surface area contributed by atoms with Gasteiger partial charge in [-0.2, -0.15) is 0 Å². The number of para-hydroxylation sites is 4. The van der Waals surface area contributed by atoms with Gasteiger partial charge in [-0.05, 0) is 45.0 Å². The van der Waals surface area contributed by atoms with Crippen LogP contribution in [0.2, 0.25) is 0 Å². The third-order valence-corrected chi connectivity index (χ3v) is 3.12. The summed E-state index contributed by atoms with van der Waals surface area (Å²) in [5.41, 5.74) is 1.94. The molecule has 2 aromatic rings. The first-order valence-electron chi connectivity index (χ1n) is 7.71. The minimum Gasteiger partial charge on any atom is -0.492 e. The summed E-state index contributed by atoms with van der Waals surface area (Å²) in [4.78, 5) is 0. The predicted octanol–water partition coefficient (Wildman–Crippen LogP) is 4.35. The standard InChI is InChI=1S/C18H24N2O2/c1-4-21-17-12-8-6-10-15(17)19-14(3)20-16-11-7-9-13-18(16)22-5-2/h6-14,19-20H,4-5H2,1-3H3. The molecule has 2 N–H and O–H groups in total. The first kappa shape index (κ1) is 16.0. The summed E-state index contributed by atoms with van der Waals surface area (Å²) < 4.78 is 11.3. The van der Waals surface area contributed by atoms with Gasteiger partial charge in [-0.15, -0.1) is 0 Å². The number of nitrogens with one attached hydrogen (secondary N) is 2. The van der Waals surface area contributed by atoms with Crippen LogP contribution in [-0.4, -0.2) is 19.4 Å². The van der Waals surface area contributed by atoms with Crippen molar-refractivity contribution in [3.8, 4) is 11.5 Å². The first-order chi connectivity index (χ1) is 10.7. The molecular weight excluding hydrogens is 276 g/mol. The molecule has 0 aliphatic carbocycles. The molecule has 0 spiro atoms. The molecule has 118 valence electrons. The largest absolute Gasteiger partial charge is 0.492 e. The fraction of sp³-hybridized carbons (Fsp3) is 0.333. The Bertz CT molecular complexity index is 535. The Hall–Kier alpha value is -2.36. The van der Waals surface area contributed by atoms with E-state index in [1.54, 1.807) is 0 Å². The molecule has 0 atom stereocenters. The summed E-state index contributed by atoms with van der Waals surface area (Å²) >= 11 is 0. The van der Waals surface area contributed by atoms with Crippen LogP contribution in [0.5, 0.6) is 11.5 Å². The second-order valence-electron chi connectivity index (χ2n) is 4.87. The van der Waals surface area contributed by atoms with Gasteiger partial charge in [-0.3, -0.25) is 0 Å². The van der Waals surface area contributed by atoms with Gasteiger partial charge < -0.3 is 20.1 Å². The summed E-state index contributed by atoms with van der Waals surface area (Å²) in [5.74, 6) is 1.72. The molecule has 0 heterocycles. The molecule has 0 aliphatic rings. The van der Waals surface area contributed by atoms with Gasteiger partial charge >= 0.3 is 0 Å². The number of hydrogen-bond donors (Lipinski definition) is 2. The van der Waals surface area contributed by atoms with Crippen LogP contribution < -0.4 is 20.1 Å². The number of ether oxygens (including phenoxy) is 2. The van der Waals surface area contributed by atoms with Crippen LogP contribution in [0.15, 0.2) is 48.5 Å². The Labute approximate surface area is 132 Å². The van der Waals surface area contributed by atoms with Gasteiger partial charge in [0.15, 0.2) is 0 Å². The molecule has 2 rings (SSSR count). The van der Waals surface area contributed by atoms with Crippen molar-refractivity contribution in [1.29, 1.82) is 0 Å². The van der Waals surface area contributed by atoms with Crippen LogP contribution >= 0.6 is 0 Å². The Morgan fingerprint density at radius 2 is 1.18 bits per heavy atom. The lowest BCUT2D eigenvalue weighted by molar-refractivity contribution is 0.341. The minimum atomic E-state index is 0.0308. The molecule has 0 saturated carbocycles. The highest BCUT2D eigenvalue weighted by molar-refractivity contribution is 5.60. The van der Waals surface area contributed by atoms with Crippen molar-refractivity contribution in [2.75, 3.05) is 23.8 Å². The van der Waals surface area contributed by atoms with Crippen molar-refractivity contribution in [3.63, 3.8) is 0 Å².